The number of carbonyl (C=O) groups is 1. The Morgan fingerprint density at radius 2 is 2.31 bits per heavy atom. The van der Waals surface area contributed by atoms with Gasteiger partial charge in [-0.05, 0) is 25.5 Å². The van der Waals surface area contributed by atoms with Gasteiger partial charge in [-0.2, -0.15) is 0 Å². The molecule has 3 heteroatoms. The van der Waals surface area contributed by atoms with Gasteiger partial charge in [0.2, 0.25) is 0 Å². The highest BCUT2D eigenvalue weighted by molar-refractivity contribution is 5.87. The van der Waals surface area contributed by atoms with Crippen LogP contribution in [0.3, 0.4) is 0 Å². The molecule has 0 spiro atoms. The molecule has 0 aliphatic carbocycles. The van der Waals surface area contributed by atoms with Gasteiger partial charge in [0.15, 0.2) is 0 Å². The molecule has 0 fully saturated rings. The molecule has 0 atom stereocenters. The maximum atomic E-state index is 10.9. The molecular formula is C13H16O3. The molecule has 3 nitrogen and oxygen atoms in total. The highest BCUT2D eigenvalue weighted by Gasteiger charge is 2.11. The van der Waals surface area contributed by atoms with Crippen LogP contribution < -0.4 is 0 Å². The van der Waals surface area contributed by atoms with E-state index in [4.69, 9.17) is 9.84 Å². The van der Waals surface area contributed by atoms with Crippen molar-refractivity contribution in [3.8, 4) is 0 Å². The first-order chi connectivity index (χ1) is 7.65. The predicted molar refractivity (Wildman–Crippen MR) is 62.9 cm³/mol. The fourth-order valence-electron chi connectivity index (χ4n) is 1.43. The third-order valence-corrected chi connectivity index (χ3v) is 2.29. The number of rotatable bonds is 2. The summed E-state index contributed by atoms with van der Waals surface area (Å²) in [6.45, 7) is 4.02. The van der Waals surface area contributed by atoms with Crippen LogP contribution in [0.25, 0.3) is 0 Å². The molecule has 0 bridgehead atoms. The normalized spacial score (nSPS) is 27.2. The predicted octanol–water partition coefficient (Wildman–Crippen LogP) is 2.82. The second-order valence-electron chi connectivity index (χ2n) is 3.46. The van der Waals surface area contributed by atoms with Gasteiger partial charge in [0.1, 0.15) is 12.4 Å². The second-order valence-corrected chi connectivity index (χ2v) is 3.46. The number of hydrogen-bond donors (Lipinski definition) is 1. The molecule has 0 unspecified atom stereocenters. The molecule has 0 aromatic heterocycles. The van der Waals surface area contributed by atoms with E-state index in [0.29, 0.717) is 24.4 Å². The minimum Gasteiger partial charge on any atom is -0.494 e. The molecule has 1 N–H and O–H groups in total. The summed E-state index contributed by atoms with van der Waals surface area (Å²) in [5, 5.41) is 8.98. The zero-order chi connectivity index (χ0) is 12.0. The first-order valence-electron chi connectivity index (χ1n) is 5.20. The van der Waals surface area contributed by atoms with Crippen LogP contribution in [0.5, 0.6) is 0 Å². The molecule has 1 heterocycles. The Hall–Kier alpha value is -1.77. The number of carboxylic acids is 1. The summed E-state index contributed by atoms with van der Waals surface area (Å²) in [5.74, 6) is -0.438. The minimum absolute atomic E-state index is 0.311. The molecule has 0 aromatic rings. The molecule has 0 amide bonds. The number of aliphatic carboxylic acids is 1. The van der Waals surface area contributed by atoms with Gasteiger partial charge < -0.3 is 9.84 Å². The molecule has 0 saturated heterocycles. The molecule has 86 valence electrons. The van der Waals surface area contributed by atoms with Crippen molar-refractivity contribution in [3.63, 3.8) is 0 Å². The van der Waals surface area contributed by atoms with Crippen molar-refractivity contribution < 1.29 is 14.6 Å². The Morgan fingerprint density at radius 3 is 2.94 bits per heavy atom. The molecule has 1 rings (SSSR count). The van der Waals surface area contributed by atoms with Gasteiger partial charge in [-0.25, -0.2) is 4.79 Å². The van der Waals surface area contributed by atoms with Crippen molar-refractivity contribution >= 4 is 5.97 Å². The summed E-state index contributed by atoms with van der Waals surface area (Å²) >= 11 is 0. The van der Waals surface area contributed by atoms with E-state index in [9.17, 15) is 4.79 Å². The maximum absolute atomic E-state index is 10.9. The average molecular weight is 220 g/mol. The number of hydrogen-bond acceptors (Lipinski definition) is 2. The van der Waals surface area contributed by atoms with Gasteiger partial charge in [0.05, 0.1) is 5.57 Å². The third kappa shape index (κ3) is 3.42. The third-order valence-electron chi connectivity index (χ3n) is 2.29. The minimum atomic E-state index is -0.920. The quantitative estimate of drug-likeness (QED) is 0.778. The lowest BCUT2D eigenvalue weighted by atomic mass is 10.1. The number of ether oxygens (including phenoxy) is 1. The Labute approximate surface area is 95.4 Å². The van der Waals surface area contributed by atoms with Gasteiger partial charge >= 0.3 is 5.97 Å². The zero-order valence-corrected chi connectivity index (χ0v) is 9.56. The van der Waals surface area contributed by atoms with Crippen LogP contribution >= 0.6 is 0 Å². The average Bonchev–Trinajstić information content (AvgIpc) is 2.30. The van der Waals surface area contributed by atoms with Gasteiger partial charge in [0.25, 0.3) is 0 Å². The van der Waals surface area contributed by atoms with Crippen LogP contribution in [0.2, 0.25) is 0 Å². The zero-order valence-electron chi connectivity index (χ0n) is 9.56. The maximum Gasteiger partial charge on any atom is 0.335 e. The lowest BCUT2D eigenvalue weighted by molar-refractivity contribution is -0.133. The first-order valence-corrected chi connectivity index (χ1v) is 5.20. The lowest BCUT2D eigenvalue weighted by Crippen LogP contribution is -2.04. The van der Waals surface area contributed by atoms with E-state index in [2.05, 4.69) is 0 Å². The van der Waals surface area contributed by atoms with Crippen molar-refractivity contribution in [1.29, 1.82) is 0 Å². The summed E-state index contributed by atoms with van der Waals surface area (Å²) < 4.78 is 5.36. The summed E-state index contributed by atoms with van der Waals surface area (Å²) in [7, 11) is 0. The van der Waals surface area contributed by atoms with E-state index in [1.54, 1.807) is 6.92 Å². The van der Waals surface area contributed by atoms with E-state index in [0.717, 1.165) is 5.57 Å². The fourth-order valence-corrected chi connectivity index (χ4v) is 1.43. The van der Waals surface area contributed by atoms with Gasteiger partial charge in [-0.1, -0.05) is 24.3 Å². The topological polar surface area (TPSA) is 46.5 Å². The van der Waals surface area contributed by atoms with Crippen LogP contribution in [-0.2, 0) is 9.53 Å². The van der Waals surface area contributed by atoms with Crippen molar-refractivity contribution in [1.82, 2.24) is 0 Å². The molecule has 0 saturated carbocycles. The molecule has 0 aromatic carbocycles. The van der Waals surface area contributed by atoms with Crippen LogP contribution in [0.1, 0.15) is 20.3 Å². The van der Waals surface area contributed by atoms with Gasteiger partial charge in [0, 0.05) is 6.42 Å². The first kappa shape index (κ1) is 12.3. The van der Waals surface area contributed by atoms with E-state index < -0.39 is 5.97 Å². The Morgan fingerprint density at radius 1 is 1.56 bits per heavy atom. The number of carboxylic acid groups (broad SMARTS) is 1. The van der Waals surface area contributed by atoms with Crippen LogP contribution in [0.15, 0.2) is 47.3 Å². The Balaban J connectivity index is 2.90. The molecule has 16 heavy (non-hydrogen) atoms. The molecular weight excluding hydrogens is 204 g/mol. The van der Waals surface area contributed by atoms with Crippen LogP contribution in [-0.4, -0.2) is 17.7 Å². The molecule has 1 aliphatic heterocycles. The summed E-state index contributed by atoms with van der Waals surface area (Å²) in [4.78, 5) is 10.9. The monoisotopic (exact) mass is 220 g/mol. The SMILES string of the molecule is C/C=C/C1=C/CO/C(C)=C(/C(=O)O)C/C=C\1. The van der Waals surface area contributed by atoms with Crippen molar-refractivity contribution in [2.45, 2.75) is 20.3 Å². The summed E-state index contributed by atoms with van der Waals surface area (Å²) in [6, 6.07) is 0. The van der Waals surface area contributed by atoms with Crippen LogP contribution in [0, 0.1) is 0 Å². The Kier molecular flexibility index (Phi) is 4.58. The standard InChI is InChI=1S/C13H16O3/c1-3-5-11-6-4-7-12(13(14)15)10(2)16-9-8-11/h3-6,8H,7,9H2,1-2H3,(H,14,15)/b5-3+,6-4-,11-8-,12-10+. The highest BCUT2D eigenvalue weighted by atomic mass is 16.5. The molecule has 0 radical (unpaired) electrons. The second kappa shape index (κ2) is 5.95. The summed E-state index contributed by atoms with van der Waals surface area (Å²) in [5.41, 5.74) is 1.34. The van der Waals surface area contributed by atoms with Crippen molar-refractivity contribution in [2.24, 2.45) is 0 Å². The highest BCUT2D eigenvalue weighted by Crippen LogP contribution is 2.15. The van der Waals surface area contributed by atoms with Gasteiger partial charge in [-0.3, -0.25) is 0 Å². The van der Waals surface area contributed by atoms with E-state index in [1.165, 1.54) is 0 Å². The largest absolute Gasteiger partial charge is 0.494 e. The van der Waals surface area contributed by atoms with Crippen molar-refractivity contribution in [2.75, 3.05) is 6.61 Å². The number of allylic oxidation sites excluding steroid dienone is 6. The van der Waals surface area contributed by atoms with E-state index in [-0.39, 0.29) is 0 Å². The Bertz CT molecular complexity index is 384. The van der Waals surface area contributed by atoms with Crippen molar-refractivity contribution in [3.05, 3.63) is 47.3 Å². The summed E-state index contributed by atoms with van der Waals surface area (Å²) in [6.07, 6.45) is 9.95. The smallest absolute Gasteiger partial charge is 0.335 e. The van der Waals surface area contributed by atoms with E-state index >= 15 is 0 Å². The lowest BCUT2D eigenvalue weighted by Gasteiger charge is -2.06. The van der Waals surface area contributed by atoms with Crippen LogP contribution in [0.4, 0.5) is 0 Å². The molecule has 1 aliphatic rings. The fraction of sp³-hybridized carbons (Fsp3) is 0.308. The van der Waals surface area contributed by atoms with Gasteiger partial charge in [-0.15, -0.1) is 0 Å². The van der Waals surface area contributed by atoms with E-state index in [1.807, 2.05) is 37.3 Å².